The van der Waals surface area contributed by atoms with Gasteiger partial charge in [-0.1, -0.05) is 6.07 Å². The average Bonchev–Trinajstić information content (AvgIpc) is 2.51. The van der Waals surface area contributed by atoms with Crippen molar-refractivity contribution in [2.75, 3.05) is 30.5 Å². The first-order valence-corrected chi connectivity index (χ1v) is 8.51. The van der Waals surface area contributed by atoms with Crippen LogP contribution in [0.15, 0.2) is 24.3 Å². The van der Waals surface area contributed by atoms with Gasteiger partial charge in [-0.25, -0.2) is 0 Å². The first kappa shape index (κ1) is 18.3. The normalized spacial score (nSPS) is 11.6. The second-order valence-corrected chi connectivity index (χ2v) is 5.63. The van der Waals surface area contributed by atoms with Gasteiger partial charge in [0.05, 0.1) is 6.04 Å². The van der Waals surface area contributed by atoms with E-state index in [2.05, 4.69) is 10.6 Å². The SMILES string of the molecule is CCNC(=O)COc1cccc(NC(=O)C(N)CCSC)c1. The molecule has 1 unspecified atom stereocenters. The minimum Gasteiger partial charge on any atom is -0.484 e. The van der Waals surface area contributed by atoms with E-state index in [0.29, 0.717) is 24.4 Å². The molecule has 0 spiro atoms. The lowest BCUT2D eigenvalue weighted by Crippen LogP contribution is -2.36. The Hall–Kier alpha value is -1.73. The van der Waals surface area contributed by atoms with Crippen LogP contribution in [0.5, 0.6) is 5.75 Å². The second-order valence-electron chi connectivity index (χ2n) is 4.65. The molecular weight excluding hydrogens is 302 g/mol. The Morgan fingerprint density at radius 1 is 1.41 bits per heavy atom. The van der Waals surface area contributed by atoms with E-state index in [-0.39, 0.29) is 18.4 Å². The summed E-state index contributed by atoms with van der Waals surface area (Å²) in [6, 6.07) is 6.35. The van der Waals surface area contributed by atoms with Crippen LogP contribution in [0.25, 0.3) is 0 Å². The molecular formula is C15H23N3O3S. The van der Waals surface area contributed by atoms with Crippen LogP contribution in [0, 0.1) is 0 Å². The zero-order valence-corrected chi connectivity index (χ0v) is 13.7. The van der Waals surface area contributed by atoms with E-state index in [9.17, 15) is 9.59 Å². The smallest absolute Gasteiger partial charge is 0.257 e. The van der Waals surface area contributed by atoms with E-state index in [0.717, 1.165) is 5.75 Å². The zero-order valence-electron chi connectivity index (χ0n) is 12.9. The van der Waals surface area contributed by atoms with Crippen molar-refractivity contribution in [3.63, 3.8) is 0 Å². The fourth-order valence-corrected chi connectivity index (χ4v) is 2.16. The predicted molar refractivity (Wildman–Crippen MR) is 90.2 cm³/mol. The molecule has 0 radical (unpaired) electrons. The number of ether oxygens (including phenoxy) is 1. The maximum Gasteiger partial charge on any atom is 0.257 e. The fourth-order valence-electron chi connectivity index (χ4n) is 1.67. The number of thioether (sulfide) groups is 1. The summed E-state index contributed by atoms with van der Waals surface area (Å²) in [5.41, 5.74) is 6.41. The third kappa shape index (κ3) is 6.82. The predicted octanol–water partition coefficient (Wildman–Crippen LogP) is 1.22. The van der Waals surface area contributed by atoms with Gasteiger partial charge in [0.2, 0.25) is 5.91 Å². The van der Waals surface area contributed by atoms with Gasteiger partial charge in [-0.15, -0.1) is 0 Å². The highest BCUT2D eigenvalue weighted by Crippen LogP contribution is 2.17. The summed E-state index contributed by atoms with van der Waals surface area (Å²) in [4.78, 5) is 23.3. The van der Waals surface area contributed by atoms with E-state index in [1.54, 1.807) is 36.0 Å². The molecule has 0 aromatic heterocycles. The van der Waals surface area contributed by atoms with Gasteiger partial charge in [-0.3, -0.25) is 9.59 Å². The number of nitrogens with one attached hydrogen (secondary N) is 2. The molecule has 1 rings (SSSR count). The van der Waals surface area contributed by atoms with Crippen LogP contribution >= 0.6 is 11.8 Å². The Morgan fingerprint density at radius 2 is 2.18 bits per heavy atom. The van der Waals surface area contributed by atoms with Crippen molar-refractivity contribution in [2.24, 2.45) is 5.73 Å². The molecule has 0 aliphatic carbocycles. The number of hydrogen-bond donors (Lipinski definition) is 3. The average molecular weight is 325 g/mol. The van der Waals surface area contributed by atoms with E-state index in [1.807, 2.05) is 13.2 Å². The Kier molecular flexibility index (Phi) is 8.39. The van der Waals surface area contributed by atoms with Crippen molar-refractivity contribution in [1.29, 1.82) is 0 Å². The largest absolute Gasteiger partial charge is 0.484 e. The monoisotopic (exact) mass is 325 g/mol. The molecule has 2 amide bonds. The molecule has 6 nitrogen and oxygen atoms in total. The number of carbonyl (C=O) groups excluding carboxylic acids is 2. The zero-order chi connectivity index (χ0) is 16.4. The minimum absolute atomic E-state index is 0.0571. The van der Waals surface area contributed by atoms with Gasteiger partial charge in [0, 0.05) is 18.3 Å². The number of rotatable bonds is 9. The van der Waals surface area contributed by atoms with E-state index >= 15 is 0 Å². The molecule has 0 saturated heterocycles. The summed E-state index contributed by atoms with van der Waals surface area (Å²) in [7, 11) is 0. The van der Waals surface area contributed by atoms with Crippen LogP contribution in [0.4, 0.5) is 5.69 Å². The highest BCUT2D eigenvalue weighted by Gasteiger charge is 2.13. The van der Waals surface area contributed by atoms with Crippen molar-refractivity contribution in [3.8, 4) is 5.75 Å². The molecule has 1 atom stereocenters. The standard InChI is InChI=1S/C15H23N3O3S/c1-3-17-14(19)10-21-12-6-4-5-11(9-12)18-15(20)13(16)7-8-22-2/h4-6,9,13H,3,7-8,10,16H2,1-2H3,(H,17,19)(H,18,20). The molecule has 4 N–H and O–H groups in total. The molecule has 122 valence electrons. The Labute approximate surface area is 135 Å². The van der Waals surface area contributed by atoms with Crippen molar-refractivity contribution in [1.82, 2.24) is 5.32 Å². The summed E-state index contributed by atoms with van der Waals surface area (Å²) in [6.45, 7) is 2.35. The van der Waals surface area contributed by atoms with Crippen LogP contribution < -0.4 is 21.1 Å². The molecule has 0 aliphatic rings. The highest BCUT2D eigenvalue weighted by molar-refractivity contribution is 7.98. The topological polar surface area (TPSA) is 93.5 Å². The Morgan fingerprint density at radius 3 is 2.86 bits per heavy atom. The van der Waals surface area contributed by atoms with Gasteiger partial charge in [-0.2, -0.15) is 11.8 Å². The van der Waals surface area contributed by atoms with Crippen molar-refractivity contribution in [3.05, 3.63) is 24.3 Å². The summed E-state index contributed by atoms with van der Waals surface area (Å²) in [5, 5.41) is 5.39. The minimum atomic E-state index is -0.535. The Balaban J connectivity index is 2.53. The van der Waals surface area contributed by atoms with Crippen LogP contribution in [-0.4, -0.2) is 43.0 Å². The first-order valence-electron chi connectivity index (χ1n) is 7.11. The lowest BCUT2D eigenvalue weighted by molar-refractivity contribution is -0.123. The van der Waals surface area contributed by atoms with Gasteiger partial charge in [0.1, 0.15) is 5.75 Å². The number of anilines is 1. The van der Waals surface area contributed by atoms with Crippen molar-refractivity contribution in [2.45, 2.75) is 19.4 Å². The molecule has 1 aromatic rings. The number of nitrogens with two attached hydrogens (primary N) is 1. The number of benzene rings is 1. The fraction of sp³-hybridized carbons (Fsp3) is 0.467. The van der Waals surface area contributed by atoms with Gasteiger partial charge in [0.15, 0.2) is 6.61 Å². The summed E-state index contributed by atoms with van der Waals surface area (Å²) in [6.07, 6.45) is 2.60. The Bertz CT molecular complexity index is 497. The van der Waals surface area contributed by atoms with Gasteiger partial charge in [0.25, 0.3) is 5.91 Å². The summed E-state index contributed by atoms with van der Waals surface area (Å²) >= 11 is 1.65. The number of hydrogen-bond acceptors (Lipinski definition) is 5. The maximum atomic E-state index is 11.9. The maximum absolute atomic E-state index is 11.9. The number of likely N-dealkylation sites (N-methyl/N-ethyl adjacent to an activating group) is 1. The van der Waals surface area contributed by atoms with Crippen molar-refractivity contribution < 1.29 is 14.3 Å². The first-order chi connectivity index (χ1) is 10.6. The van der Waals surface area contributed by atoms with Crippen molar-refractivity contribution >= 4 is 29.3 Å². The van der Waals surface area contributed by atoms with Gasteiger partial charge >= 0.3 is 0 Å². The summed E-state index contributed by atoms with van der Waals surface area (Å²) in [5.74, 6) is 0.942. The molecule has 0 aliphatic heterocycles. The van der Waals surface area contributed by atoms with Crippen LogP contribution in [-0.2, 0) is 9.59 Å². The molecule has 0 saturated carbocycles. The highest BCUT2D eigenvalue weighted by atomic mass is 32.2. The molecule has 22 heavy (non-hydrogen) atoms. The number of carbonyl (C=O) groups is 2. The molecule has 0 bridgehead atoms. The second kappa shape index (κ2) is 10.1. The van der Waals surface area contributed by atoms with E-state index < -0.39 is 6.04 Å². The summed E-state index contributed by atoms with van der Waals surface area (Å²) < 4.78 is 5.37. The van der Waals surface area contributed by atoms with Crippen LogP contribution in [0.3, 0.4) is 0 Å². The lowest BCUT2D eigenvalue weighted by Gasteiger charge is -2.12. The third-order valence-electron chi connectivity index (χ3n) is 2.82. The molecule has 7 heteroatoms. The van der Waals surface area contributed by atoms with Gasteiger partial charge in [-0.05, 0) is 37.5 Å². The van der Waals surface area contributed by atoms with Crippen LogP contribution in [0.1, 0.15) is 13.3 Å². The quantitative estimate of drug-likeness (QED) is 0.635. The van der Waals surface area contributed by atoms with E-state index in [1.165, 1.54) is 0 Å². The lowest BCUT2D eigenvalue weighted by atomic mass is 10.2. The van der Waals surface area contributed by atoms with Gasteiger partial charge < -0.3 is 21.1 Å². The molecule has 0 heterocycles. The van der Waals surface area contributed by atoms with E-state index in [4.69, 9.17) is 10.5 Å². The molecule has 0 fully saturated rings. The molecule has 1 aromatic carbocycles. The third-order valence-corrected chi connectivity index (χ3v) is 3.46. The van der Waals surface area contributed by atoms with Crippen LogP contribution in [0.2, 0.25) is 0 Å². The number of amides is 2.